The van der Waals surface area contributed by atoms with Gasteiger partial charge in [0.1, 0.15) is 10.8 Å². The topological polar surface area (TPSA) is 0 Å². The molecule has 9 aromatic carbocycles. The Morgan fingerprint density at radius 2 is 0.607 bits per heavy atom. The maximum atomic E-state index is 3.92. The van der Waals surface area contributed by atoms with E-state index >= 15 is 0 Å². The van der Waals surface area contributed by atoms with Crippen molar-refractivity contribution in [2.24, 2.45) is 0 Å². The Morgan fingerprint density at radius 3 is 1.02 bits per heavy atom. The number of rotatable bonds is 2. The largest absolute Gasteiger partial charge is 0.108 e. The van der Waals surface area contributed by atoms with E-state index in [9.17, 15) is 0 Å². The van der Waals surface area contributed by atoms with E-state index < -0.39 is 10.8 Å². The van der Waals surface area contributed by atoms with E-state index in [2.05, 4.69) is 218 Å². The van der Waals surface area contributed by atoms with Gasteiger partial charge in [-0.3, -0.25) is 0 Å². The minimum absolute atomic E-state index is 0.700. The fourth-order valence-electron chi connectivity index (χ4n) is 9.31. The second kappa shape index (κ2) is 12.6. The Kier molecular flexibility index (Phi) is 7.22. The Morgan fingerprint density at radius 1 is 0.268 bits per heavy atom. The summed E-state index contributed by atoms with van der Waals surface area (Å²) < 4.78 is 0. The van der Waals surface area contributed by atoms with Crippen LogP contribution in [0, 0.1) is 23.7 Å². The number of hydrogen-bond donors (Lipinski definition) is 0. The van der Waals surface area contributed by atoms with Crippen LogP contribution >= 0.6 is 0 Å². The van der Waals surface area contributed by atoms with Crippen molar-refractivity contribution in [1.29, 1.82) is 0 Å². The van der Waals surface area contributed by atoms with E-state index in [1.807, 2.05) is 12.1 Å². The van der Waals surface area contributed by atoms with Gasteiger partial charge in [-0.1, -0.05) is 181 Å². The van der Waals surface area contributed by atoms with Gasteiger partial charge >= 0.3 is 0 Å². The average Bonchev–Trinajstić information content (AvgIpc) is 3.70. The van der Waals surface area contributed by atoms with Gasteiger partial charge in [0.15, 0.2) is 0 Å². The van der Waals surface area contributed by atoms with Crippen LogP contribution in [0.1, 0.15) is 44.5 Å². The minimum Gasteiger partial charge on any atom is -0.0764 e. The van der Waals surface area contributed by atoms with Gasteiger partial charge in [0, 0.05) is 11.1 Å². The normalized spacial score (nSPS) is 17.1. The van der Waals surface area contributed by atoms with Gasteiger partial charge in [0.05, 0.1) is 0 Å². The highest BCUT2D eigenvalue weighted by Gasteiger charge is 2.46. The number of fused-ring (bicyclic) bond motifs is 8. The smallest absolute Gasteiger partial charge is 0.0764 e. The van der Waals surface area contributed by atoms with Crippen LogP contribution in [0.25, 0.3) is 43.8 Å². The third-order valence-corrected chi connectivity index (χ3v) is 11.9. The van der Waals surface area contributed by atoms with Crippen LogP contribution in [-0.2, 0) is 10.8 Å². The lowest BCUT2D eigenvalue weighted by molar-refractivity contribution is 0.816. The van der Waals surface area contributed by atoms with Gasteiger partial charge in [0.2, 0.25) is 0 Å². The predicted octanol–water partition coefficient (Wildman–Crippen LogP) is 12.7. The third-order valence-electron chi connectivity index (χ3n) is 11.9. The Balaban J connectivity index is 1.18. The summed E-state index contributed by atoms with van der Waals surface area (Å²) in [4.78, 5) is 0. The summed E-state index contributed by atoms with van der Waals surface area (Å²) in [5.41, 5.74) is 12.7. The van der Waals surface area contributed by atoms with Crippen molar-refractivity contribution < 1.29 is 0 Å². The van der Waals surface area contributed by atoms with Gasteiger partial charge < -0.3 is 0 Å². The first-order valence-electron chi connectivity index (χ1n) is 19.3. The maximum absolute atomic E-state index is 3.92. The Bertz CT molecular complexity index is 2910. The van der Waals surface area contributed by atoms with Crippen molar-refractivity contribution in [1.82, 2.24) is 0 Å². The van der Waals surface area contributed by atoms with Crippen molar-refractivity contribution in [2.75, 3.05) is 0 Å². The van der Waals surface area contributed by atoms with E-state index in [1.54, 1.807) is 0 Å². The molecule has 0 bridgehead atoms. The zero-order chi connectivity index (χ0) is 37.1. The highest BCUT2D eigenvalue weighted by Crippen LogP contribution is 2.56. The molecule has 2 aliphatic carbocycles. The molecule has 0 fully saturated rings. The average molecular weight is 707 g/mol. The fourth-order valence-corrected chi connectivity index (χ4v) is 9.31. The first kappa shape index (κ1) is 32.1. The summed E-state index contributed by atoms with van der Waals surface area (Å²) in [6.45, 7) is 0. The predicted molar refractivity (Wildman–Crippen MR) is 232 cm³/mol. The second-order valence-corrected chi connectivity index (χ2v) is 14.9. The second-order valence-electron chi connectivity index (χ2n) is 14.9. The van der Waals surface area contributed by atoms with Gasteiger partial charge in [-0.2, -0.15) is 0 Å². The monoisotopic (exact) mass is 706 g/mol. The van der Waals surface area contributed by atoms with Crippen LogP contribution in [0.15, 0.2) is 206 Å². The first-order valence-corrected chi connectivity index (χ1v) is 19.3. The van der Waals surface area contributed by atoms with Crippen LogP contribution in [0.4, 0.5) is 0 Å². The van der Waals surface area contributed by atoms with Crippen molar-refractivity contribution in [3.05, 3.63) is 251 Å². The Hall–Kier alpha value is -7.38. The van der Waals surface area contributed by atoms with Crippen molar-refractivity contribution >= 4 is 21.5 Å². The highest BCUT2D eigenvalue weighted by atomic mass is 14.5. The van der Waals surface area contributed by atoms with Gasteiger partial charge in [-0.15, -0.1) is 0 Å². The van der Waals surface area contributed by atoms with E-state index in [-0.39, 0.29) is 0 Å². The maximum Gasteiger partial charge on any atom is 0.108 e. The molecule has 9 aromatic rings. The van der Waals surface area contributed by atoms with Crippen molar-refractivity contribution in [3.63, 3.8) is 0 Å². The molecule has 0 heteroatoms. The molecule has 0 aliphatic heterocycles. The lowest BCUT2D eigenvalue weighted by Gasteiger charge is -2.31. The van der Waals surface area contributed by atoms with Crippen molar-refractivity contribution in [2.45, 2.75) is 10.8 Å². The molecule has 0 nitrogen and oxygen atoms in total. The molecule has 0 N–H and O–H groups in total. The molecule has 258 valence electrons. The minimum atomic E-state index is -0.700. The molecule has 2 aliphatic rings. The van der Waals surface area contributed by atoms with Gasteiger partial charge in [-0.05, 0) is 126 Å². The van der Waals surface area contributed by atoms with E-state index in [0.717, 1.165) is 22.3 Å². The number of hydrogen-bond acceptors (Lipinski definition) is 0. The van der Waals surface area contributed by atoms with Gasteiger partial charge in [-0.25, -0.2) is 0 Å². The summed E-state index contributed by atoms with van der Waals surface area (Å²) in [5.74, 6) is 15.1. The molecule has 56 heavy (non-hydrogen) atoms. The third kappa shape index (κ3) is 4.77. The molecule has 2 atom stereocenters. The van der Waals surface area contributed by atoms with Crippen LogP contribution in [-0.4, -0.2) is 0 Å². The summed E-state index contributed by atoms with van der Waals surface area (Å²) in [6, 6.07) is 74.5. The molecule has 0 saturated heterocycles. The van der Waals surface area contributed by atoms with Crippen LogP contribution in [0.3, 0.4) is 0 Å². The highest BCUT2D eigenvalue weighted by molar-refractivity contribution is 5.97. The van der Waals surface area contributed by atoms with Crippen LogP contribution < -0.4 is 0 Å². The number of benzene rings is 9. The SMILES string of the molecule is C(#CC1(c2ccc(C3(C#Cc4ccccc4)c4ccccc4-c4cc5ccccc5cc43)cc2)c2ccccc2-c2cc3ccccc3cc21)c1ccccc1. The molecular formula is C56H34. The Labute approximate surface area is 327 Å². The quantitative estimate of drug-likeness (QED) is 0.157. The zero-order valence-corrected chi connectivity index (χ0v) is 30.6. The lowest BCUT2D eigenvalue weighted by Crippen LogP contribution is -2.27. The van der Waals surface area contributed by atoms with Crippen molar-refractivity contribution in [3.8, 4) is 45.9 Å². The molecule has 0 spiro atoms. The molecule has 2 unspecified atom stereocenters. The molecule has 0 saturated carbocycles. The summed E-state index contributed by atoms with van der Waals surface area (Å²) >= 11 is 0. The van der Waals surface area contributed by atoms with E-state index in [4.69, 9.17) is 0 Å². The molecule has 0 radical (unpaired) electrons. The zero-order valence-electron chi connectivity index (χ0n) is 30.6. The fraction of sp³-hybridized carbons (Fsp3) is 0.0357. The molecule has 0 heterocycles. The summed E-state index contributed by atoms with van der Waals surface area (Å²) in [5, 5.41) is 4.88. The summed E-state index contributed by atoms with van der Waals surface area (Å²) in [7, 11) is 0. The molecule has 0 aromatic heterocycles. The summed E-state index contributed by atoms with van der Waals surface area (Å²) in [6.07, 6.45) is 0. The molecular weight excluding hydrogens is 673 g/mol. The first-order chi connectivity index (χ1) is 27.7. The lowest BCUT2D eigenvalue weighted by atomic mass is 9.69. The standard InChI is InChI=1S/C56H34/c1-3-15-39(16-4-1)31-33-55(51-25-13-11-23-47(51)49-35-41-19-7-9-21-43(41)37-53(49)55)45-27-29-46(30-28-45)56(34-32-40-17-5-2-6-18-40)52-26-14-12-24-48(52)50-36-42-20-8-10-22-44(42)38-54(50)56/h1-30,35-38H. The van der Waals surface area contributed by atoms with Gasteiger partial charge in [0.25, 0.3) is 0 Å². The molecule has 11 rings (SSSR count). The van der Waals surface area contributed by atoms with Crippen LogP contribution in [0.5, 0.6) is 0 Å². The van der Waals surface area contributed by atoms with E-state index in [0.29, 0.717) is 0 Å². The molecule has 0 amide bonds. The van der Waals surface area contributed by atoms with E-state index in [1.165, 1.54) is 66.1 Å². The van der Waals surface area contributed by atoms with Crippen LogP contribution in [0.2, 0.25) is 0 Å².